The van der Waals surface area contributed by atoms with E-state index in [1.807, 2.05) is 0 Å². The summed E-state index contributed by atoms with van der Waals surface area (Å²) in [5.41, 5.74) is 0. The third-order valence-electron chi connectivity index (χ3n) is 1.26. The van der Waals surface area contributed by atoms with Gasteiger partial charge in [0.2, 0.25) is 12.4 Å². The van der Waals surface area contributed by atoms with E-state index in [0.717, 1.165) is 11.0 Å². The van der Waals surface area contributed by atoms with E-state index in [-0.39, 0.29) is 4.90 Å². The highest BCUT2D eigenvalue weighted by molar-refractivity contribution is 9.10. The fourth-order valence-electron chi connectivity index (χ4n) is 0.747. The van der Waals surface area contributed by atoms with E-state index in [9.17, 15) is 8.42 Å². The van der Waals surface area contributed by atoms with Gasteiger partial charge in [0.05, 0.1) is 4.90 Å². The molecule has 0 aliphatic heterocycles. The lowest BCUT2D eigenvalue weighted by Gasteiger charge is -1.96. The second-order valence-electron chi connectivity index (χ2n) is 2.31. The number of hydrogen-bond donors (Lipinski definition) is 1. The summed E-state index contributed by atoms with van der Waals surface area (Å²) in [6.45, 7) is 0. The Hall–Kier alpha value is -0.620. The lowest BCUT2D eigenvalue weighted by Crippen LogP contribution is -2.28. The highest BCUT2D eigenvalue weighted by atomic mass is 79.9. The van der Waals surface area contributed by atoms with Gasteiger partial charge in [-0.15, -0.1) is 0 Å². The van der Waals surface area contributed by atoms with Crippen LogP contribution >= 0.6 is 15.9 Å². The average molecular weight is 253 g/mol. The van der Waals surface area contributed by atoms with Gasteiger partial charge in [-0.05, 0) is 15.9 Å². The third-order valence-corrected chi connectivity index (χ3v) is 3.31. The molecule has 1 aromatic heterocycles. The van der Waals surface area contributed by atoms with Gasteiger partial charge in [-0.2, -0.15) is 0 Å². The quantitative estimate of drug-likeness (QED) is 0.581. The van der Waals surface area contributed by atoms with Crippen LogP contribution in [-0.2, 0) is 9.84 Å². The van der Waals surface area contributed by atoms with Crippen LogP contribution in [0.15, 0.2) is 27.8 Å². The van der Waals surface area contributed by atoms with Crippen molar-refractivity contribution in [2.75, 3.05) is 6.26 Å². The Morgan fingerprint density at radius 2 is 2.17 bits per heavy atom. The molecule has 0 unspecified atom stereocenters. The Balaban J connectivity index is 3.39. The summed E-state index contributed by atoms with van der Waals surface area (Å²) in [6.07, 6.45) is 3.62. The van der Waals surface area contributed by atoms with E-state index in [1.165, 1.54) is 18.5 Å². The van der Waals surface area contributed by atoms with Crippen molar-refractivity contribution in [2.24, 2.45) is 0 Å². The molecule has 0 fully saturated rings. The molecule has 6 heteroatoms. The minimum atomic E-state index is -3.22. The molecule has 0 amide bonds. The molecule has 0 atom stereocenters. The summed E-state index contributed by atoms with van der Waals surface area (Å²) >= 11 is 3.02. The third kappa shape index (κ3) is 1.95. The standard InChI is InChI=1S/C6H7BrNO3S/c1-12(10,11)6-2-3-8(9)4-5(6)7/h2-4,9H,1H3/q+1. The van der Waals surface area contributed by atoms with Crippen LogP contribution in [-0.4, -0.2) is 19.9 Å². The van der Waals surface area contributed by atoms with Crippen molar-refractivity contribution in [3.8, 4) is 0 Å². The van der Waals surface area contributed by atoms with Gasteiger partial charge in [0.15, 0.2) is 9.84 Å². The topological polar surface area (TPSA) is 58.2 Å². The molecular weight excluding hydrogens is 246 g/mol. The van der Waals surface area contributed by atoms with Gasteiger partial charge in [0.1, 0.15) is 4.47 Å². The number of halogens is 1. The van der Waals surface area contributed by atoms with Crippen molar-refractivity contribution in [1.82, 2.24) is 0 Å². The summed E-state index contributed by atoms with van der Waals surface area (Å²) in [5.74, 6) is 0. The lowest BCUT2D eigenvalue weighted by atomic mass is 10.5. The minimum absolute atomic E-state index is 0.160. The molecule has 0 aliphatic carbocycles. The van der Waals surface area contributed by atoms with Crippen LogP contribution in [0.3, 0.4) is 0 Å². The van der Waals surface area contributed by atoms with Crippen molar-refractivity contribution < 1.29 is 18.4 Å². The molecule has 0 bridgehead atoms. The molecule has 12 heavy (non-hydrogen) atoms. The number of pyridine rings is 1. The van der Waals surface area contributed by atoms with Gasteiger partial charge in [0, 0.05) is 17.1 Å². The number of hydrogen-bond acceptors (Lipinski definition) is 3. The predicted molar refractivity (Wildman–Crippen MR) is 44.6 cm³/mol. The molecule has 0 aliphatic rings. The number of nitrogens with zero attached hydrogens (tertiary/aromatic N) is 1. The van der Waals surface area contributed by atoms with Crippen molar-refractivity contribution in [3.63, 3.8) is 0 Å². The molecule has 0 aromatic carbocycles. The first-order chi connectivity index (χ1) is 5.41. The highest BCUT2D eigenvalue weighted by Gasteiger charge is 2.15. The number of aromatic nitrogens is 1. The molecule has 1 aromatic rings. The molecule has 0 saturated carbocycles. The first-order valence-corrected chi connectivity index (χ1v) is 5.70. The highest BCUT2D eigenvalue weighted by Crippen LogP contribution is 2.18. The normalized spacial score (nSPS) is 11.5. The molecule has 66 valence electrons. The van der Waals surface area contributed by atoms with Crippen LogP contribution in [0.5, 0.6) is 0 Å². The molecule has 4 nitrogen and oxygen atoms in total. The average Bonchev–Trinajstić information content (AvgIpc) is 1.83. The van der Waals surface area contributed by atoms with E-state index >= 15 is 0 Å². The second-order valence-corrected chi connectivity index (χ2v) is 5.15. The Kier molecular flexibility index (Phi) is 2.39. The van der Waals surface area contributed by atoms with Crippen molar-refractivity contribution in [1.29, 1.82) is 0 Å². The zero-order chi connectivity index (χ0) is 9.35. The molecule has 1 heterocycles. The predicted octanol–water partition coefficient (Wildman–Crippen LogP) is 0.377. The fourth-order valence-corrected chi connectivity index (χ4v) is 2.69. The Bertz CT molecular complexity index is 401. The number of sulfone groups is 1. The van der Waals surface area contributed by atoms with Gasteiger partial charge in [-0.25, -0.2) is 8.42 Å². The maximum atomic E-state index is 11.0. The van der Waals surface area contributed by atoms with Crippen LogP contribution in [0.25, 0.3) is 0 Å². The molecule has 1 rings (SSSR count). The van der Waals surface area contributed by atoms with Gasteiger partial charge in [0.25, 0.3) is 0 Å². The SMILES string of the molecule is CS(=O)(=O)c1cc[n+](O)cc1Br. The Labute approximate surface area is 78.5 Å². The summed E-state index contributed by atoms with van der Waals surface area (Å²) < 4.78 is 23.2. The summed E-state index contributed by atoms with van der Waals surface area (Å²) in [5, 5.41) is 8.90. The molecule has 0 radical (unpaired) electrons. The van der Waals surface area contributed by atoms with Crippen LogP contribution in [0.4, 0.5) is 0 Å². The monoisotopic (exact) mass is 252 g/mol. The maximum Gasteiger partial charge on any atom is 0.237 e. The summed E-state index contributed by atoms with van der Waals surface area (Å²) in [7, 11) is -3.22. The first-order valence-electron chi connectivity index (χ1n) is 3.01. The van der Waals surface area contributed by atoms with Gasteiger partial charge >= 0.3 is 0 Å². The van der Waals surface area contributed by atoms with Gasteiger partial charge in [-0.1, -0.05) is 0 Å². The summed E-state index contributed by atoms with van der Waals surface area (Å²) in [4.78, 5) is 0.160. The first kappa shape index (κ1) is 9.47. The van der Waals surface area contributed by atoms with Crippen LogP contribution in [0.2, 0.25) is 0 Å². The van der Waals surface area contributed by atoms with E-state index in [4.69, 9.17) is 5.21 Å². The van der Waals surface area contributed by atoms with Crippen molar-refractivity contribution >= 4 is 25.8 Å². The molecular formula is C6H7BrNO3S+. The van der Waals surface area contributed by atoms with Crippen LogP contribution < -0.4 is 4.73 Å². The van der Waals surface area contributed by atoms with Crippen molar-refractivity contribution in [2.45, 2.75) is 4.90 Å². The lowest BCUT2D eigenvalue weighted by molar-refractivity contribution is -0.905. The maximum absolute atomic E-state index is 11.0. The van der Waals surface area contributed by atoms with Crippen molar-refractivity contribution in [3.05, 3.63) is 22.9 Å². The van der Waals surface area contributed by atoms with E-state index in [1.54, 1.807) is 0 Å². The minimum Gasteiger partial charge on any atom is -0.285 e. The summed E-state index contributed by atoms with van der Waals surface area (Å²) in [6, 6.07) is 1.32. The zero-order valence-electron chi connectivity index (χ0n) is 6.23. The Morgan fingerprint density at radius 1 is 1.58 bits per heavy atom. The van der Waals surface area contributed by atoms with Crippen LogP contribution in [0.1, 0.15) is 0 Å². The molecule has 1 N–H and O–H groups in total. The largest absolute Gasteiger partial charge is 0.285 e. The van der Waals surface area contributed by atoms with E-state index < -0.39 is 9.84 Å². The molecule has 0 spiro atoms. The number of rotatable bonds is 1. The Morgan fingerprint density at radius 3 is 2.58 bits per heavy atom. The second kappa shape index (κ2) is 3.02. The van der Waals surface area contributed by atoms with Gasteiger partial charge < -0.3 is 0 Å². The molecule has 0 saturated heterocycles. The van der Waals surface area contributed by atoms with Gasteiger partial charge in [-0.3, -0.25) is 5.21 Å². The van der Waals surface area contributed by atoms with Crippen LogP contribution in [0, 0.1) is 0 Å². The smallest absolute Gasteiger partial charge is 0.237 e. The van der Waals surface area contributed by atoms with E-state index in [2.05, 4.69) is 15.9 Å². The van der Waals surface area contributed by atoms with E-state index in [0.29, 0.717) is 4.47 Å². The fraction of sp³-hybridized carbons (Fsp3) is 0.167. The zero-order valence-corrected chi connectivity index (χ0v) is 8.63.